The molecule has 0 unspecified atom stereocenters. The van der Waals surface area contributed by atoms with Gasteiger partial charge in [0, 0.05) is 0 Å². The van der Waals surface area contributed by atoms with E-state index in [0.29, 0.717) is 0 Å². The van der Waals surface area contributed by atoms with Crippen molar-refractivity contribution in [2.45, 2.75) is 33.7 Å². The molecule has 1 rings (SSSR count). The molecular weight excluding hydrogens is 152 g/mol. The molecule has 0 bridgehead atoms. The SMILES string of the molecule is CC.CCCNCc1ncco1. The van der Waals surface area contributed by atoms with Crippen LogP contribution in [0, 0.1) is 0 Å². The van der Waals surface area contributed by atoms with E-state index in [1.54, 1.807) is 12.5 Å². The third kappa shape index (κ3) is 4.91. The van der Waals surface area contributed by atoms with Crippen LogP contribution in [0.3, 0.4) is 0 Å². The first-order valence-electron chi connectivity index (χ1n) is 4.52. The van der Waals surface area contributed by atoms with Gasteiger partial charge in [-0.25, -0.2) is 4.98 Å². The lowest BCUT2D eigenvalue weighted by molar-refractivity contribution is 0.468. The van der Waals surface area contributed by atoms with Crippen LogP contribution in [-0.2, 0) is 6.54 Å². The molecule has 0 aliphatic rings. The van der Waals surface area contributed by atoms with Gasteiger partial charge in [-0.15, -0.1) is 0 Å². The molecule has 1 aromatic heterocycles. The third-order valence-corrected chi connectivity index (χ3v) is 1.19. The molecule has 0 aliphatic heterocycles. The Morgan fingerprint density at radius 2 is 2.25 bits per heavy atom. The van der Waals surface area contributed by atoms with Gasteiger partial charge in [-0.1, -0.05) is 20.8 Å². The van der Waals surface area contributed by atoms with Gasteiger partial charge in [-0.05, 0) is 13.0 Å². The fourth-order valence-electron chi connectivity index (χ4n) is 0.712. The van der Waals surface area contributed by atoms with E-state index >= 15 is 0 Å². The normalized spacial score (nSPS) is 8.92. The van der Waals surface area contributed by atoms with Gasteiger partial charge in [0.15, 0.2) is 0 Å². The average molecular weight is 170 g/mol. The van der Waals surface area contributed by atoms with E-state index in [-0.39, 0.29) is 0 Å². The standard InChI is InChI=1S/C7H12N2O.C2H6/c1-2-3-8-6-7-9-4-5-10-7;1-2/h4-5,8H,2-3,6H2,1H3;1-2H3. The Morgan fingerprint density at radius 3 is 2.75 bits per heavy atom. The van der Waals surface area contributed by atoms with Crippen molar-refractivity contribution in [1.82, 2.24) is 10.3 Å². The molecule has 0 saturated carbocycles. The van der Waals surface area contributed by atoms with Crippen molar-refractivity contribution in [2.75, 3.05) is 6.54 Å². The largest absolute Gasteiger partial charge is 0.448 e. The van der Waals surface area contributed by atoms with E-state index in [4.69, 9.17) is 4.42 Å². The van der Waals surface area contributed by atoms with E-state index in [1.807, 2.05) is 13.8 Å². The van der Waals surface area contributed by atoms with Gasteiger partial charge < -0.3 is 9.73 Å². The van der Waals surface area contributed by atoms with Crippen LogP contribution in [0.2, 0.25) is 0 Å². The quantitative estimate of drug-likeness (QED) is 0.704. The summed E-state index contributed by atoms with van der Waals surface area (Å²) in [5, 5.41) is 3.18. The van der Waals surface area contributed by atoms with Gasteiger partial charge in [0.25, 0.3) is 0 Å². The van der Waals surface area contributed by atoms with Crippen LogP contribution in [0.1, 0.15) is 33.1 Å². The lowest BCUT2D eigenvalue weighted by Crippen LogP contribution is -2.13. The molecular formula is C9H18N2O. The third-order valence-electron chi connectivity index (χ3n) is 1.19. The van der Waals surface area contributed by atoms with E-state index in [9.17, 15) is 0 Å². The summed E-state index contributed by atoms with van der Waals surface area (Å²) >= 11 is 0. The van der Waals surface area contributed by atoms with Gasteiger partial charge in [0.2, 0.25) is 5.89 Å². The Hall–Kier alpha value is -0.830. The predicted octanol–water partition coefficient (Wildman–Crippen LogP) is 2.20. The Balaban J connectivity index is 0.000000561. The molecule has 12 heavy (non-hydrogen) atoms. The molecule has 1 heterocycles. The van der Waals surface area contributed by atoms with Crippen molar-refractivity contribution in [3.05, 3.63) is 18.4 Å². The average Bonchev–Trinajstić information content (AvgIpc) is 2.61. The number of nitrogens with one attached hydrogen (secondary N) is 1. The van der Waals surface area contributed by atoms with Gasteiger partial charge in [0.05, 0.1) is 12.7 Å². The van der Waals surface area contributed by atoms with Crippen molar-refractivity contribution in [3.63, 3.8) is 0 Å². The van der Waals surface area contributed by atoms with Crippen molar-refractivity contribution in [2.24, 2.45) is 0 Å². The second-order valence-electron chi connectivity index (χ2n) is 2.10. The van der Waals surface area contributed by atoms with Crippen molar-refractivity contribution < 1.29 is 4.42 Å². The Morgan fingerprint density at radius 1 is 1.50 bits per heavy atom. The zero-order chi connectivity index (χ0) is 9.23. The van der Waals surface area contributed by atoms with Crippen molar-refractivity contribution >= 4 is 0 Å². The van der Waals surface area contributed by atoms with E-state index in [1.165, 1.54) is 0 Å². The van der Waals surface area contributed by atoms with Crippen LogP contribution in [0.5, 0.6) is 0 Å². The first-order valence-corrected chi connectivity index (χ1v) is 4.52. The van der Waals surface area contributed by atoms with E-state index < -0.39 is 0 Å². The summed E-state index contributed by atoms with van der Waals surface area (Å²) < 4.78 is 5.01. The maximum Gasteiger partial charge on any atom is 0.207 e. The zero-order valence-electron chi connectivity index (χ0n) is 8.13. The highest BCUT2D eigenvalue weighted by Crippen LogP contribution is 1.91. The van der Waals surface area contributed by atoms with Crippen molar-refractivity contribution in [1.29, 1.82) is 0 Å². The molecule has 1 N–H and O–H groups in total. The number of aromatic nitrogens is 1. The smallest absolute Gasteiger partial charge is 0.207 e. The highest BCUT2D eigenvalue weighted by molar-refractivity contribution is 4.78. The Bertz CT molecular complexity index is 161. The summed E-state index contributed by atoms with van der Waals surface area (Å²) in [7, 11) is 0. The second-order valence-corrected chi connectivity index (χ2v) is 2.10. The van der Waals surface area contributed by atoms with Gasteiger partial charge >= 0.3 is 0 Å². The molecule has 0 saturated heterocycles. The summed E-state index contributed by atoms with van der Waals surface area (Å²) in [6, 6.07) is 0. The molecule has 70 valence electrons. The molecule has 3 heteroatoms. The minimum atomic E-state index is 0.737. The summed E-state index contributed by atoms with van der Waals surface area (Å²) in [6.45, 7) is 7.88. The number of rotatable bonds is 4. The summed E-state index contributed by atoms with van der Waals surface area (Å²) in [5.74, 6) is 0.758. The van der Waals surface area contributed by atoms with Crippen LogP contribution < -0.4 is 5.32 Å². The van der Waals surface area contributed by atoms with Gasteiger partial charge in [0.1, 0.15) is 6.26 Å². The first-order chi connectivity index (χ1) is 5.93. The lowest BCUT2D eigenvalue weighted by Gasteiger charge is -1.96. The highest BCUT2D eigenvalue weighted by atomic mass is 16.3. The number of nitrogens with zero attached hydrogens (tertiary/aromatic N) is 1. The molecule has 0 aliphatic carbocycles. The van der Waals surface area contributed by atoms with Crippen LogP contribution in [0.15, 0.2) is 16.9 Å². The highest BCUT2D eigenvalue weighted by Gasteiger charge is 1.93. The van der Waals surface area contributed by atoms with Crippen molar-refractivity contribution in [3.8, 4) is 0 Å². The fourth-order valence-corrected chi connectivity index (χ4v) is 0.712. The van der Waals surface area contributed by atoms with Crippen LogP contribution >= 0.6 is 0 Å². The monoisotopic (exact) mass is 170 g/mol. The van der Waals surface area contributed by atoms with E-state index in [0.717, 1.165) is 25.4 Å². The molecule has 1 aromatic rings. The summed E-state index contributed by atoms with van der Waals surface area (Å²) in [5.41, 5.74) is 0. The molecule has 0 fully saturated rings. The molecule has 0 spiro atoms. The van der Waals surface area contributed by atoms with Crippen LogP contribution in [-0.4, -0.2) is 11.5 Å². The minimum Gasteiger partial charge on any atom is -0.448 e. The summed E-state index contributed by atoms with van der Waals surface area (Å²) in [6.07, 6.45) is 4.38. The zero-order valence-corrected chi connectivity index (χ0v) is 8.13. The number of hydrogen-bond acceptors (Lipinski definition) is 3. The number of hydrogen-bond donors (Lipinski definition) is 1. The fraction of sp³-hybridized carbons (Fsp3) is 0.667. The minimum absolute atomic E-state index is 0.737. The van der Waals surface area contributed by atoms with Crippen LogP contribution in [0.25, 0.3) is 0 Å². The predicted molar refractivity (Wildman–Crippen MR) is 49.8 cm³/mol. The molecule has 3 nitrogen and oxygen atoms in total. The van der Waals surface area contributed by atoms with E-state index in [2.05, 4.69) is 17.2 Å². The second kappa shape index (κ2) is 8.27. The number of oxazole rings is 1. The molecule has 0 amide bonds. The maximum absolute atomic E-state index is 5.01. The maximum atomic E-state index is 5.01. The topological polar surface area (TPSA) is 38.1 Å². The molecule has 0 atom stereocenters. The molecule has 0 radical (unpaired) electrons. The van der Waals surface area contributed by atoms with Crippen LogP contribution in [0.4, 0.5) is 0 Å². The molecule has 0 aromatic carbocycles. The van der Waals surface area contributed by atoms with Gasteiger partial charge in [-0.3, -0.25) is 0 Å². The van der Waals surface area contributed by atoms with Gasteiger partial charge in [-0.2, -0.15) is 0 Å². The Labute approximate surface area is 74.2 Å². The Kier molecular flexibility index (Phi) is 7.70. The summed E-state index contributed by atoms with van der Waals surface area (Å²) in [4.78, 5) is 3.96. The lowest BCUT2D eigenvalue weighted by atomic mass is 10.5. The first kappa shape index (κ1) is 11.2.